The van der Waals surface area contributed by atoms with Gasteiger partial charge in [-0.25, -0.2) is 0 Å². The average Bonchev–Trinajstić information content (AvgIpc) is 2.39. The summed E-state index contributed by atoms with van der Waals surface area (Å²) in [5.74, 6) is 0. The van der Waals surface area contributed by atoms with Gasteiger partial charge in [0.25, 0.3) is 0 Å². The van der Waals surface area contributed by atoms with Gasteiger partial charge in [0.2, 0.25) is 0 Å². The van der Waals surface area contributed by atoms with Crippen LogP contribution < -0.4 is 34.4 Å². The standard InChI is InChI=1S/3C2H8N2.C2H5O.H2O.O.Ti/c3*3-1-2-4;1-2-3;;;/h3*1-4H2;2H2,1H3;1H2;;/q;;;-1;;;+2/p-1. The van der Waals surface area contributed by atoms with Gasteiger partial charge in [0.15, 0.2) is 0 Å². The van der Waals surface area contributed by atoms with Gasteiger partial charge in [-0.1, -0.05) is 0 Å². The molecule has 0 bridgehead atoms. The van der Waals surface area contributed by atoms with Crippen LogP contribution in [0, 0.1) is 0 Å². The van der Waals surface area contributed by atoms with E-state index in [1.165, 1.54) is 0 Å². The topological polar surface area (TPSA) is 203 Å². The quantitative estimate of drug-likeness (QED) is 0.251. The van der Waals surface area contributed by atoms with Crippen molar-refractivity contribution in [1.29, 1.82) is 0 Å². The SMILES string of the molecule is CC[O][Ti](=[O])[OH].NCCN.NCCN.NCCN. The minimum absolute atomic E-state index is 0.343. The van der Waals surface area contributed by atoms with E-state index in [4.69, 9.17) is 38.1 Å². The second-order valence-electron chi connectivity index (χ2n) is 2.43. The molecule has 0 aromatic heterocycles. The maximum Gasteiger partial charge on any atom is 0.00461 e. The molecule has 0 rings (SSSR count). The molecule has 0 aliphatic rings. The van der Waals surface area contributed by atoms with E-state index in [0.29, 0.717) is 45.9 Å². The molecule has 0 aliphatic carbocycles. The van der Waals surface area contributed by atoms with E-state index in [-0.39, 0.29) is 0 Å². The van der Waals surface area contributed by atoms with E-state index in [1.807, 2.05) is 0 Å². The molecule has 114 valence electrons. The summed E-state index contributed by atoms with van der Waals surface area (Å²) in [6, 6.07) is 0. The normalized spacial score (nSPS) is 7.78. The summed E-state index contributed by atoms with van der Waals surface area (Å²) in [5.41, 5.74) is 29.4. The third kappa shape index (κ3) is 97.4. The van der Waals surface area contributed by atoms with Crippen LogP contribution in [-0.4, -0.2) is 49.6 Å². The maximum atomic E-state index is 9.63. The first kappa shape index (κ1) is 26.7. The second-order valence-corrected chi connectivity index (χ2v) is 3.71. The summed E-state index contributed by atoms with van der Waals surface area (Å²) in [4.78, 5) is 0. The van der Waals surface area contributed by atoms with Gasteiger partial charge in [-0.05, 0) is 0 Å². The number of hydrogen-bond acceptors (Lipinski definition) is 8. The molecule has 0 aromatic carbocycles. The summed E-state index contributed by atoms with van der Waals surface area (Å²) < 4.78 is 21.8. The zero-order valence-corrected chi connectivity index (χ0v) is 12.7. The third-order valence-corrected chi connectivity index (χ3v) is 1.60. The van der Waals surface area contributed by atoms with Crippen molar-refractivity contribution in [2.24, 2.45) is 34.4 Å². The van der Waals surface area contributed by atoms with E-state index in [9.17, 15) is 3.32 Å². The summed E-state index contributed by atoms with van der Waals surface area (Å²) >= 11 is -3.13. The molecule has 9 nitrogen and oxygen atoms in total. The summed E-state index contributed by atoms with van der Waals surface area (Å²) in [5, 5.41) is 0. The van der Waals surface area contributed by atoms with Gasteiger partial charge in [-0.15, -0.1) is 0 Å². The Balaban J connectivity index is -0.0000000742. The Hall–Kier alpha value is 0.194. The van der Waals surface area contributed by atoms with Crippen LogP contribution in [-0.2, 0) is 25.3 Å². The Bertz CT molecular complexity index is 118. The van der Waals surface area contributed by atoms with Crippen molar-refractivity contribution in [1.82, 2.24) is 0 Å². The van der Waals surface area contributed by atoms with Crippen molar-refractivity contribution in [2.75, 3.05) is 45.9 Å². The molecule has 0 heterocycles. The number of hydrogen-bond donors (Lipinski definition) is 7. The summed E-state index contributed by atoms with van der Waals surface area (Å²) in [7, 11) is 0. The van der Waals surface area contributed by atoms with Crippen LogP contribution in [0.4, 0.5) is 0 Å². The van der Waals surface area contributed by atoms with Gasteiger partial charge in [-0.3, -0.25) is 0 Å². The van der Waals surface area contributed by atoms with E-state index in [1.54, 1.807) is 6.92 Å². The Kier molecular flexibility index (Phi) is 53.4. The Morgan fingerprint density at radius 3 is 1.06 bits per heavy atom. The van der Waals surface area contributed by atoms with Crippen molar-refractivity contribution >= 4 is 0 Å². The molecule has 0 atom stereocenters. The number of rotatable bonds is 5. The first-order valence-electron chi connectivity index (χ1n) is 5.58. The number of nitrogens with two attached hydrogens (primary N) is 6. The Labute approximate surface area is 116 Å². The minimum Gasteiger partial charge on any atom is -0.329 e. The van der Waals surface area contributed by atoms with E-state index in [2.05, 4.69) is 3.32 Å². The van der Waals surface area contributed by atoms with Crippen LogP contribution in [0.2, 0.25) is 0 Å². The molecule has 0 saturated carbocycles. The fraction of sp³-hybridized carbons (Fsp3) is 1.00. The molecule has 13 N–H and O–H groups in total. The zero-order chi connectivity index (χ0) is 15.2. The van der Waals surface area contributed by atoms with Gasteiger partial charge >= 0.3 is 42.5 Å². The minimum atomic E-state index is -3.13. The molecule has 0 radical (unpaired) electrons. The van der Waals surface area contributed by atoms with E-state index in [0.717, 1.165) is 0 Å². The molecule has 0 unspecified atom stereocenters. The molecule has 0 amide bonds. The average molecular weight is 306 g/mol. The fourth-order valence-corrected chi connectivity index (χ4v) is 0.509. The molecule has 0 fully saturated rings. The molecule has 0 spiro atoms. The van der Waals surface area contributed by atoms with Gasteiger partial charge < -0.3 is 34.4 Å². The predicted octanol–water partition coefficient (Wildman–Crippen LogP) is -3.48. The fourth-order valence-electron chi connectivity index (χ4n) is 0.123. The van der Waals surface area contributed by atoms with Crippen LogP contribution in [0.25, 0.3) is 0 Å². The van der Waals surface area contributed by atoms with Crippen LogP contribution in [0.1, 0.15) is 6.92 Å². The smallest absolute Gasteiger partial charge is 0.00461 e. The molecular formula is C8H30N6O3Ti. The van der Waals surface area contributed by atoms with E-state index < -0.39 is 18.6 Å². The van der Waals surface area contributed by atoms with Gasteiger partial charge in [0.1, 0.15) is 0 Å². The maximum absolute atomic E-state index is 9.63. The molecule has 0 aromatic rings. The second kappa shape index (κ2) is 36.0. The predicted molar refractivity (Wildman–Crippen MR) is 68.9 cm³/mol. The van der Waals surface area contributed by atoms with Gasteiger partial charge in [0.05, 0.1) is 0 Å². The Morgan fingerprint density at radius 2 is 1.06 bits per heavy atom. The summed E-state index contributed by atoms with van der Waals surface area (Å²) in [6.45, 7) is 5.61. The monoisotopic (exact) mass is 306 g/mol. The molecule has 10 heteroatoms. The molecular weight excluding hydrogens is 276 g/mol. The van der Waals surface area contributed by atoms with Crippen molar-refractivity contribution in [3.05, 3.63) is 0 Å². The van der Waals surface area contributed by atoms with Crippen molar-refractivity contribution in [2.45, 2.75) is 6.92 Å². The molecule has 18 heavy (non-hydrogen) atoms. The Morgan fingerprint density at radius 1 is 0.833 bits per heavy atom. The van der Waals surface area contributed by atoms with Gasteiger partial charge in [-0.2, -0.15) is 0 Å². The first-order valence-corrected chi connectivity index (χ1v) is 7.55. The van der Waals surface area contributed by atoms with E-state index >= 15 is 0 Å². The largest absolute Gasteiger partial charge is 0.329 e. The zero-order valence-electron chi connectivity index (χ0n) is 11.2. The van der Waals surface area contributed by atoms with Crippen LogP contribution >= 0.6 is 0 Å². The van der Waals surface area contributed by atoms with Crippen LogP contribution in [0.5, 0.6) is 0 Å². The third-order valence-electron chi connectivity index (χ3n) is 0.768. The summed E-state index contributed by atoms with van der Waals surface area (Å²) in [6.07, 6.45) is 0. The van der Waals surface area contributed by atoms with Gasteiger partial charge in [0, 0.05) is 39.3 Å². The molecule has 0 aliphatic heterocycles. The van der Waals surface area contributed by atoms with Crippen molar-refractivity contribution < 1.29 is 28.9 Å². The molecule has 0 saturated heterocycles. The van der Waals surface area contributed by atoms with Crippen molar-refractivity contribution in [3.8, 4) is 0 Å². The van der Waals surface area contributed by atoms with Crippen molar-refractivity contribution in [3.63, 3.8) is 0 Å². The van der Waals surface area contributed by atoms with Crippen LogP contribution in [0.3, 0.4) is 0 Å². The van der Waals surface area contributed by atoms with Crippen LogP contribution in [0.15, 0.2) is 0 Å². The first-order chi connectivity index (χ1) is 8.51.